The summed E-state index contributed by atoms with van der Waals surface area (Å²) in [6.07, 6.45) is 3.13. The van der Waals surface area contributed by atoms with Gasteiger partial charge in [-0.1, -0.05) is 23.7 Å². The number of benzene rings is 1. The van der Waals surface area contributed by atoms with Crippen LogP contribution in [0.5, 0.6) is 0 Å². The summed E-state index contributed by atoms with van der Waals surface area (Å²) in [6, 6.07) is 7.56. The normalized spacial score (nSPS) is 20.1. The van der Waals surface area contributed by atoms with E-state index in [1.54, 1.807) is 11.3 Å². The van der Waals surface area contributed by atoms with Crippen molar-refractivity contribution >= 4 is 33.8 Å². The zero-order valence-electron chi connectivity index (χ0n) is 10.7. The smallest absolute Gasteiger partial charge is 0.256 e. The molecule has 1 unspecified atom stereocenters. The van der Waals surface area contributed by atoms with Gasteiger partial charge in [0.1, 0.15) is 11.2 Å². The third-order valence-corrected chi connectivity index (χ3v) is 5.38. The Morgan fingerprint density at radius 2 is 1.95 bits per heavy atom. The standard InChI is InChI=1S/C15H13ClN2OS/c16-9-6-4-8(5-7-9)13-17-14(19)12-10-2-1-3-11(10)20-15(12)18-13/h4-7,13,18H,1-3H2,(H,17,19). The van der Waals surface area contributed by atoms with Crippen molar-refractivity contribution < 1.29 is 4.79 Å². The second kappa shape index (κ2) is 4.50. The second-order valence-corrected chi connectivity index (χ2v) is 6.71. The fraction of sp³-hybridized carbons (Fsp3) is 0.267. The van der Waals surface area contributed by atoms with Crippen LogP contribution >= 0.6 is 22.9 Å². The molecule has 2 heterocycles. The van der Waals surface area contributed by atoms with Crippen LogP contribution in [-0.4, -0.2) is 5.91 Å². The van der Waals surface area contributed by atoms with E-state index in [1.165, 1.54) is 16.9 Å². The van der Waals surface area contributed by atoms with Gasteiger partial charge in [-0.2, -0.15) is 0 Å². The molecule has 3 nitrogen and oxygen atoms in total. The largest absolute Gasteiger partial charge is 0.353 e. The molecule has 1 aliphatic carbocycles. The van der Waals surface area contributed by atoms with E-state index in [1.807, 2.05) is 24.3 Å². The molecule has 102 valence electrons. The molecule has 4 rings (SSSR count). The predicted molar refractivity (Wildman–Crippen MR) is 81.6 cm³/mol. The highest BCUT2D eigenvalue weighted by Gasteiger charge is 2.32. The van der Waals surface area contributed by atoms with Crippen molar-refractivity contribution in [2.75, 3.05) is 5.32 Å². The molecule has 0 fully saturated rings. The zero-order chi connectivity index (χ0) is 13.7. The molecule has 0 radical (unpaired) electrons. The summed E-state index contributed by atoms with van der Waals surface area (Å²) in [5.74, 6) is 0.0399. The van der Waals surface area contributed by atoms with Crippen molar-refractivity contribution in [2.24, 2.45) is 0 Å². The summed E-state index contributed by atoms with van der Waals surface area (Å²) in [4.78, 5) is 13.8. The second-order valence-electron chi connectivity index (χ2n) is 5.16. The van der Waals surface area contributed by atoms with Gasteiger partial charge in [0.05, 0.1) is 5.56 Å². The summed E-state index contributed by atoms with van der Waals surface area (Å²) in [5.41, 5.74) is 3.14. The first-order valence-electron chi connectivity index (χ1n) is 6.70. The number of halogens is 1. The van der Waals surface area contributed by atoms with Gasteiger partial charge in [0, 0.05) is 9.90 Å². The minimum atomic E-state index is -0.175. The number of amides is 1. The SMILES string of the molecule is O=C1NC(c2ccc(Cl)cc2)Nc2sc3c(c21)CCC3. The molecule has 5 heteroatoms. The molecule has 0 spiro atoms. The van der Waals surface area contributed by atoms with E-state index in [2.05, 4.69) is 10.6 Å². The van der Waals surface area contributed by atoms with Crippen LogP contribution in [0.2, 0.25) is 5.02 Å². The van der Waals surface area contributed by atoms with Gasteiger partial charge in [0.15, 0.2) is 0 Å². The maximum absolute atomic E-state index is 12.4. The highest BCUT2D eigenvalue weighted by Crippen LogP contribution is 2.42. The quantitative estimate of drug-likeness (QED) is 0.842. The summed E-state index contributed by atoms with van der Waals surface area (Å²) in [7, 11) is 0. The Bertz CT molecular complexity index is 693. The van der Waals surface area contributed by atoms with E-state index in [-0.39, 0.29) is 12.1 Å². The first-order chi connectivity index (χ1) is 9.72. The van der Waals surface area contributed by atoms with E-state index < -0.39 is 0 Å². The molecule has 1 atom stereocenters. The molecule has 0 bridgehead atoms. The summed E-state index contributed by atoms with van der Waals surface area (Å²) in [6.45, 7) is 0. The zero-order valence-corrected chi connectivity index (χ0v) is 12.3. The minimum absolute atomic E-state index is 0.0399. The van der Waals surface area contributed by atoms with Gasteiger partial charge in [0.25, 0.3) is 5.91 Å². The van der Waals surface area contributed by atoms with Gasteiger partial charge in [-0.15, -0.1) is 11.3 Å². The number of thiophene rings is 1. The van der Waals surface area contributed by atoms with Crippen molar-refractivity contribution in [3.05, 3.63) is 50.9 Å². The number of hydrogen-bond donors (Lipinski definition) is 2. The number of carbonyl (C=O) groups excluding carboxylic acids is 1. The molecule has 2 N–H and O–H groups in total. The van der Waals surface area contributed by atoms with Gasteiger partial charge in [-0.3, -0.25) is 4.79 Å². The highest BCUT2D eigenvalue weighted by molar-refractivity contribution is 7.16. The van der Waals surface area contributed by atoms with Crippen LogP contribution in [0.15, 0.2) is 24.3 Å². The summed E-state index contributed by atoms with van der Waals surface area (Å²) >= 11 is 7.64. The molecular weight excluding hydrogens is 292 g/mol. The van der Waals surface area contributed by atoms with Gasteiger partial charge in [-0.25, -0.2) is 0 Å². The Morgan fingerprint density at radius 1 is 1.15 bits per heavy atom. The van der Waals surface area contributed by atoms with Crippen LogP contribution in [0, 0.1) is 0 Å². The first-order valence-corrected chi connectivity index (χ1v) is 7.89. The lowest BCUT2D eigenvalue weighted by Gasteiger charge is -2.26. The average Bonchev–Trinajstić information content (AvgIpc) is 2.99. The molecule has 1 amide bonds. The van der Waals surface area contributed by atoms with Crippen LogP contribution in [0.1, 0.15) is 38.9 Å². The molecule has 2 aliphatic rings. The lowest BCUT2D eigenvalue weighted by Crippen LogP contribution is -2.38. The fourth-order valence-corrected chi connectivity index (χ4v) is 4.38. The summed E-state index contributed by atoms with van der Waals surface area (Å²) in [5, 5.41) is 8.19. The van der Waals surface area contributed by atoms with Crippen molar-refractivity contribution in [1.82, 2.24) is 5.32 Å². The van der Waals surface area contributed by atoms with E-state index in [4.69, 9.17) is 11.6 Å². The fourth-order valence-electron chi connectivity index (χ4n) is 2.94. The molecular formula is C15H13ClN2OS. The predicted octanol–water partition coefficient (Wildman–Crippen LogP) is 3.74. The molecule has 1 aliphatic heterocycles. The molecule has 0 saturated heterocycles. The van der Waals surface area contributed by atoms with Gasteiger partial charge >= 0.3 is 0 Å². The Kier molecular flexibility index (Phi) is 2.75. The lowest BCUT2D eigenvalue weighted by molar-refractivity contribution is 0.0935. The highest BCUT2D eigenvalue weighted by atomic mass is 35.5. The van der Waals surface area contributed by atoms with E-state index in [0.29, 0.717) is 5.02 Å². The third kappa shape index (κ3) is 1.83. The van der Waals surface area contributed by atoms with Crippen LogP contribution in [0.4, 0.5) is 5.00 Å². The molecule has 0 saturated carbocycles. The molecule has 1 aromatic heterocycles. The van der Waals surface area contributed by atoms with Crippen LogP contribution in [-0.2, 0) is 12.8 Å². The van der Waals surface area contributed by atoms with Crippen molar-refractivity contribution in [3.63, 3.8) is 0 Å². The lowest BCUT2D eigenvalue weighted by atomic mass is 10.1. The maximum Gasteiger partial charge on any atom is 0.256 e. The Labute approximate surface area is 126 Å². The van der Waals surface area contributed by atoms with E-state index >= 15 is 0 Å². The topological polar surface area (TPSA) is 41.1 Å². The van der Waals surface area contributed by atoms with Crippen LogP contribution in [0.25, 0.3) is 0 Å². The Morgan fingerprint density at radius 3 is 2.75 bits per heavy atom. The summed E-state index contributed by atoms with van der Waals surface area (Å²) < 4.78 is 0. The number of nitrogens with one attached hydrogen (secondary N) is 2. The number of carbonyl (C=O) groups is 1. The Balaban J connectivity index is 1.71. The van der Waals surface area contributed by atoms with Gasteiger partial charge < -0.3 is 10.6 Å². The molecule has 20 heavy (non-hydrogen) atoms. The van der Waals surface area contributed by atoms with Gasteiger partial charge in [0.2, 0.25) is 0 Å². The van der Waals surface area contributed by atoms with Crippen molar-refractivity contribution in [2.45, 2.75) is 25.4 Å². The third-order valence-electron chi connectivity index (χ3n) is 3.90. The molecule has 2 aromatic rings. The first kappa shape index (κ1) is 12.2. The number of fused-ring (bicyclic) bond motifs is 3. The van der Waals surface area contributed by atoms with E-state index in [0.717, 1.165) is 29.0 Å². The van der Waals surface area contributed by atoms with Crippen molar-refractivity contribution in [3.8, 4) is 0 Å². The maximum atomic E-state index is 12.4. The number of aryl methyl sites for hydroxylation is 1. The average molecular weight is 305 g/mol. The molecule has 1 aromatic carbocycles. The van der Waals surface area contributed by atoms with Crippen LogP contribution in [0.3, 0.4) is 0 Å². The minimum Gasteiger partial charge on any atom is -0.353 e. The van der Waals surface area contributed by atoms with Crippen molar-refractivity contribution in [1.29, 1.82) is 0 Å². The van der Waals surface area contributed by atoms with Crippen LogP contribution < -0.4 is 10.6 Å². The number of hydrogen-bond acceptors (Lipinski definition) is 3. The number of rotatable bonds is 1. The Hall–Kier alpha value is -1.52. The number of anilines is 1. The van der Waals surface area contributed by atoms with E-state index in [9.17, 15) is 4.79 Å². The monoisotopic (exact) mass is 304 g/mol. The van der Waals surface area contributed by atoms with Gasteiger partial charge in [-0.05, 0) is 42.5 Å².